The molecule has 24 heavy (non-hydrogen) atoms. The molecule has 2 heterocycles. The highest BCUT2D eigenvalue weighted by Gasteiger charge is 2.34. The highest BCUT2D eigenvalue weighted by molar-refractivity contribution is 9.10. The molecule has 3 aromatic rings. The molecule has 122 valence electrons. The van der Waals surface area contributed by atoms with E-state index in [0.29, 0.717) is 13.1 Å². The summed E-state index contributed by atoms with van der Waals surface area (Å²) in [4.78, 5) is 18.8. The molecule has 1 amide bonds. The number of nitrogens with one attached hydrogen (secondary N) is 1. The van der Waals surface area contributed by atoms with E-state index in [1.807, 2.05) is 29.2 Å². The Morgan fingerprint density at radius 1 is 1.29 bits per heavy atom. The molecule has 0 saturated carbocycles. The van der Waals surface area contributed by atoms with Crippen LogP contribution in [-0.2, 0) is 4.79 Å². The number of benzene rings is 2. The summed E-state index contributed by atoms with van der Waals surface area (Å²) in [6.45, 7) is 1.25. The third-order valence-corrected chi connectivity index (χ3v) is 5.53. The van der Waals surface area contributed by atoms with E-state index in [0.717, 1.165) is 25.5 Å². The molecule has 0 spiro atoms. The SMILES string of the molecule is O=C(Nc1cccc(Br)c1)C1CN(c2nc3ccc(F)cc3s2)C1. The first-order valence-electron chi connectivity index (χ1n) is 7.46. The molecule has 7 heteroatoms. The molecule has 1 N–H and O–H groups in total. The topological polar surface area (TPSA) is 45.2 Å². The van der Waals surface area contributed by atoms with Gasteiger partial charge in [-0.25, -0.2) is 9.37 Å². The lowest BCUT2D eigenvalue weighted by atomic mass is 10.00. The van der Waals surface area contributed by atoms with E-state index in [1.54, 1.807) is 6.07 Å². The number of halogens is 2. The lowest BCUT2D eigenvalue weighted by molar-refractivity contribution is -0.120. The first-order valence-corrected chi connectivity index (χ1v) is 9.07. The van der Waals surface area contributed by atoms with Gasteiger partial charge in [-0.05, 0) is 36.4 Å². The molecule has 2 aromatic carbocycles. The smallest absolute Gasteiger partial charge is 0.231 e. The predicted molar refractivity (Wildman–Crippen MR) is 98.1 cm³/mol. The van der Waals surface area contributed by atoms with Crippen molar-refractivity contribution in [3.05, 3.63) is 52.8 Å². The van der Waals surface area contributed by atoms with Crippen molar-refractivity contribution in [2.75, 3.05) is 23.3 Å². The van der Waals surface area contributed by atoms with E-state index >= 15 is 0 Å². The number of hydrogen-bond acceptors (Lipinski definition) is 4. The van der Waals surface area contributed by atoms with E-state index in [1.165, 1.54) is 23.5 Å². The van der Waals surface area contributed by atoms with Crippen molar-refractivity contribution in [3.8, 4) is 0 Å². The van der Waals surface area contributed by atoms with Crippen LogP contribution in [0.25, 0.3) is 10.2 Å². The summed E-state index contributed by atoms with van der Waals surface area (Å²) >= 11 is 4.84. The molecular formula is C17H13BrFN3OS. The molecule has 0 radical (unpaired) electrons. The second-order valence-electron chi connectivity index (χ2n) is 5.71. The molecule has 0 aliphatic carbocycles. The standard InChI is InChI=1S/C17H13BrFN3OS/c18-11-2-1-3-13(6-11)20-16(23)10-8-22(9-10)17-21-14-5-4-12(19)7-15(14)24-17/h1-7,10H,8-9H2,(H,20,23). The van der Waals surface area contributed by atoms with Crippen LogP contribution in [0.15, 0.2) is 46.9 Å². The Balaban J connectivity index is 1.40. The van der Waals surface area contributed by atoms with E-state index in [9.17, 15) is 9.18 Å². The summed E-state index contributed by atoms with van der Waals surface area (Å²) in [6, 6.07) is 12.1. The van der Waals surface area contributed by atoms with Gasteiger partial charge >= 0.3 is 0 Å². The van der Waals surface area contributed by atoms with Gasteiger partial charge in [0.2, 0.25) is 5.91 Å². The maximum Gasteiger partial charge on any atom is 0.231 e. The lowest BCUT2D eigenvalue weighted by Gasteiger charge is -2.37. The first-order chi connectivity index (χ1) is 11.6. The van der Waals surface area contributed by atoms with Crippen LogP contribution in [0.4, 0.5) is 15.2 Å². The van der Waals surface area contributed by atoms with Crippen molar-refractivity contribution in [2.45, 2.75) is 0 Å². The summed E-state index contributed by atoms with van der Waals surface area (Å²) in [5.74, 6) is -0.308. The third kappa shape index (κ3) is 3.01. The second kappa shape index (κ2) is 6.14. The Hall–Kier alpha value is -1.99. The van der Waals surface area contributed by atoms with Crippen LogP contribution in [0.1, 0.15) is 0 Å². The van der Waals surface area contributed by atoms with Crippen LogP contribution in [0.2, 0.25) is 0 Å². The zero-order valence-electron chi connectivity index (χ0n) is 12.5. The van der Waals surface area contributed by atoms with Crippen LogP contribution in [-0.4, -0.2) is 24.0 Å². The van der Waals surface area contributed by atoms with Crippen LogP contribution in [0.3, 0.4) is 0 Å². The van der Waals surface area contributed by atoms with Gasteiger partial charge in [0.05, 0.1) is 16.1 Å². The van der Waals surface area contributed by atoms with Gasteiger partial charge in [0.25, 0.3) is 0 Å². The maximum absolute atomic E-state index is 13.3. The number of amides is 1. The van der Waals surface area contributed by atoms with Crippen molar-refractivity contribution >= 4 is 54.2 Å². The molecule has 1 saturated heterocycles. The number of fused-ring (bicyclic) bond motifs is 1. The number of carbonyl (C=O) groups excluding carboxylic acids is 1. The van der Waals surface area contributed by atoms with Gasteiger partial charge in [0.15, 0.2) is 5.13 Å². The lowest BCUT2D eigenvalue weighted by Crippen LogP contribution is -2.52. The van der Waals surface area contributed by atoms with Crippen LogP contribution < -0.4 is 10.2 Å². The fraction of sp³-hybridized carbons (Fsp3) is 0.176. The number of thiazole rings is 1. The summed E-state index contributed by atoms with van der Waals surface area (Å²) in [5.41, 5.74) is 1.57. The molecule has 0 unspecified atom stereocenters. The quantitative estimate of drug-likeness (QED) is 0.707. The van der Waals surface area contributed by atoms with Gasteiger partial charge in [-0.1, -0.05) is 33.3 Å². The number of carbonyl (C=O) groups is 1. The number of aromatic nitrogens is 1. The minimum atomic E-state index is -0.257. The Morgan fingerprint density at radius 2 is 2.12 bits per heavy atom. The Labute approximate surface area is 150 Å². The molecule has 1 fully saturated rings. The van der Waals surface area contributed by atoms with Gasteiger partial charge in [-0.3, -0.25) is 4.79 Å². The summed E-state index contributed by atoms with van der Waals surface area (Å²) < 4.78 is 15.0. The van der Waals surface area contributed by atoms with Crippen LogP contribution in [0, 0.1) is 11.7 Å². The van der Waals surface area contributed by atoms with E-state index in [2.05, 4.69) is 26.2 Å². The molecule has 4 nitrogen and oxygen atoms in total. The van der Waals surface area contributed by atoms with E-state index < -0.39 is 0 Å². The monoisotopic (exact) mass is 405 g/mol. The zero-order chi connectivity index (χ0) is 16.7. The van der Waals surface area contributed by atoms with Crippen LogP contribution >= 0.6 is 27.3 Å². The molecule has 0 atom stereocenters. The summed E-state index contributed by atoms with van der Waals surface area (Å²) in [6.07, 6.45) is 0. The van der Waals surface area contributed by atoms with E-state index in [-0.39, 0.29) is 17.6 Å². The van der Waals surface area contributed by atoms with Crippen LogP contribution in [0.5, 0.6) is 0 Å². The van der Waals surface area contributed by atoms with Gasteiger partial charge in [0, 0.05) is 23.2 Å². The molecule has 1 aliphatic rings. The Bertz CT molecular complexity index is 923. The Kier molecular flexibility index (Phi) is 3.97. The maximum atomic E-state index is 13.3. The minimum absolute atomic E-state index is 0.0107. The van der Waals surface area contributed by atoms with Crippen molar-refractivity contribution in [2.24, 2.45) is 5.92 Å². The summed E-state index contributed by atoms with van der Waals surface area (Å²) in [7, 11) is 0. The Morgan fingerprint density at radius 3 is 2.92 bits per heavy atom. The van der Waals surface area contributed by atoms with Gasteiger partial charge < -0.3 is 10.2 Å². The fourth-order valence-corrected chi connectivity index (χ4v) is 4.04. The zero-order valence-corrected chi connectivity index (χ0v) is 14.9. The molecule has 4 rings (SSSR count). The minimum Gasteiger partial charge on any atom is -0.346 e. The van der Waals surface area contributed by atoms with Gasteiger partial charge in [-0.2, -0.15) is 0 Å². The number of rotatable bonds is 3. The largest absolute Gasteiger partial charge is 0.346 e. The van der Waals surface area contributed by atoms with Gasteiger partial charge in [-0.15, -0.1) is 0 Å². The van der Waals surface area contributed by atoms with Crippen molar-refractivity contribution < 1.29 is 9.18 Å². The molecule has 1 aliphatic heterocycles. The van der Waals surface area contributed by atoms with Crippen molar-refractivity contribution in [1.29, 1.82) is 0 Å². The fourth-order valence-electron chi connectivity index (χ4n) is 2.63. The number of hydrogen-bond donors (Lipinski definition) is 1. The van der Waals surface area contributed by atoms with Crippen molar-refractivity contribution in [1.82, 2.24) is 4.98 Å². The highest BCUT2D eigenvalue weighted by Crippen LogP contribution is 2.33. The molecule has 0 bridgehead atoms. The summed E-state index contributed by atoms with van der Waals surface area (Å²) in [5, 5.41) is 3.76. The van der Waals surface area contributed by atoms with Crippen molar-refractivity contribution in [3.63, 3.8) is 0 Å². The molecular weight excluding hydrogens is 393 g/mol. The number of anilines is 2. The molecule has 1 aromatic heterocycles. The number of nitrogens with zero attached hydrogens (tertiary/aromatic N) is 2. The normalized spacial score (nSPS) is 14.7. The highest BCUT2D eigenvalue weighted by atomic mass is 79.9. The first kappa shape index (κ1) is 15.5. The average Bonchev–Trinajstić information content (AvgIpc) is 2.88. The third-order valence-electron chi connectivity index (χ3n) is 3.95. The van der Waals surface area contributed by atoms with Gasteiger partial charge in [0.1, 0.15) is 5.82 Å². The predicted octanol–water partition coefficient (Wildman–Crippen LogP) is 4.27. The average molecular weight is 406 g/mol. The second-order valence-corrected chi connectivity index (χ2v) is 7.63. The van der Waals surface area contributed by atoms with E-state index in [4.69, 9.17) is 0 Å².